The van der Waals surface area contributed by atoms with Crippen LogP contribution in [0, 0.1) is 5.82 Å². The van der Waals surface area contributed by atoms with Crippen molar-refractivity contribution in [2.45, 2.75) is 6.18 Å². The first-order chi connectivity index (χ1) is 11.3. The van der Waals surface area contributed by atoms with Crippen LogP contribution in [-0.4, -0.2) is 18.1 Å². The Morgan fingerprint density at radius 1 is 1.17 bits per heavy atom. The molecule has 0 N–H and O–H groups in total. The fraction of sp³-hybridized carbons (Fsp3) is 0.125. The number of carbonyl (C=O) groups is 1. The lowest BCUT2D eigenvalue weighted by molar-refractivity contribution is -0.137. The van der Waals surface area contributed by atoms with Gasteiger partial charge < -0.3 is 9.15 Å². The average molecular weight is 339 g/mol. The van der Waals surface area contributed by atoms with E-state index >= 15 is 0 Å². The summed E-state index contributed by atoms with van der Waals surface area (Å²) in [5.41, 5.74) is -0.614. The minimum absolute atomic E-state index is 0.154. The lowest BCUT2D eigenvalue weighted by Crippen LogP contribution is -2.05. The number of benzene rings is 2. The van der Waals surface area contributed by atoms with Crippen LogP contribution in [0.4, 0.5) is 17.6 Å². The Morgan fingerprint density at radius 3 is 2.58 bits per heavy atom. The summed E-state index contributed by atoms with van der Waals surface area (Å²) in [6, 6.07) is 6.27. The van der Waals surface area contributed by atoms with E-state index in [0.717, 1.165) is 12.1 Å². The van der Waals surface area contributed by atoms with Gasteiger partial charge in [-0.1, -0.05) is 0 Å². The third-order valence-electron chi connectivity index (χ3n) is 3.28. The molecular formula is C16H9F4NO3. The SMILES string of the molecule is COC(=O)c1ccc2nc(-c3cc(F)cc(C(F)(F)F)c3)oc2c1. The van der Waals surface area contributed by atoms with E-state index in [0.29, 0.717) is 11.6 Å². The van der Waals surface area contributed by atoms with Crippen LogP contribution in [-0.2, 0) is 10.9 Å². The van der Waals surface area contributed by atoms with E-state index in [2.05, 4.69) is 9.72 Å². The molecule has 0 aliphatic carbocycles. The number of hydrogen-bond donors (Lipinski definition) is 0. The van der Waals surface area contributed by atoms with Gasteiger partial charge in [0, 0.05) is 5.56 Å². The van der Waals surface area contributed by atoms with Crippen molar-refractivity contribution in [2.75, 3.05) is 7.11 Å². The molecule has 0 saturated carbocycles. The van der Waals surface area contributed by atoms with Gasteiger partial charge in [-0.15, -0.1) is 0 Å². The van der Waals surface area contributed by atoms with Crippen molar-refractivity contribution in [3.63, 3.8) is 0 Å². The summed E-state index contributed by atoms with van der Waals surface area (Å²) in [4.78, 5) is 15.5. The molecule has 4 nitrogen and oxygen atoms in total. The predicted octanol–water partition coefficient (Wildman–Crippen LogP) is 4.44. The Balaban J connectivity index is 2.10. The van der Waals surface area contributed by atoms with E-state index in [9.17, 15) is 22.4 Å². The molecule has 0 unspecified atom stereocenters. The summed E-state index contributed by atoms with van der Waals surface area (Å²) in [6.45, 7) is 0. The van der Waals surface area contributed by atoms with E-state index in [1.807, 2.05) is 0 Å². The zero-order chi connectivity index (χ0) is 17.5. The Labute approximate surface area is 132 Å². The number of aromatic nitrogens is 1. The third kappa shape index (κ3) is 2.94. The van der Waals surface area contributed by atoms with Gasteiger partial charge in [0.2, 0.25) is 5.89 Å². The second-order valence-electron chi connectivity index (χ2n) is 4.92. The Hall–Kier alpha value is -2.90. The first-order valence-corrected chi connectivity index (χ1v) is 6.65. The van der Waals surface area contributed by atoms with Gasteiger partial charge >= 0.3 is 12.1 Å². The molecule has 0 aliphatic heterocycles. The normalized spacial score (nSPS) is 11.7. The van der Waals surface area contributed by atoms with E-state index in [1.54, 1.807) is 0 Å². The largest absolute Gasteiger partial charge is 0.465 e. The van der Waals surface area contributed by atoms with E-state index in [-0.39, 0.29) is 22.6 Å². The molecule has 0 radical (unpaired) electrons. The summed E-state index contributed by atoms with van der Waals surface area (Å²) >= 11 is 0. The van der Waals surface area contributed by atoms with Crippen molar-refractivity contribution in [2.24, 2.45) is 0 Å². The first kappa shape index (κ1) is 16.0. The molecule has 1 heterocycles. The van der Waals surface area contributed by atoms with Crippen LogP contribution in [0.15, 0.2) is 40.8 Å². The first-order valence-electron chi connectivity index (χ1n) is 6.65. The van der Waals surface area contributed by atoms with Crippen molar-refractivity contribution < 1.29 is 31.5 Å². The van der Waals surface area contributed by atoms with Gasteiger partial charge in [0.15, 0.2) is 5.58 Å². The standard InChI is InChI=1S/C16H9F4NO3/c1-23-15(22)8-2-3-12-13(6-8)24-14(21-12)9-4-10(16(18,19)20)7-11(17)5-9/h2-7H,1H3. The molecule has 0 aliphatic rings. The van der Waals surface area contributed by atoms with E-state index in [1.165, 1.54) is 25.3 Å². The molecule has 0 amide bonds. The molecule has 0 fully saturated rings. The van der Waals surface area contributed by atoms with Crippen LogP contribution in [0.2, 0.25) is 0 Å². The number of esters is 1. The molecule has 0 bridgehead atoms. The molecule has 24 heavy (non-hydrogen) atoms. The number of halogens is 4. The van der Waals surface area contributed by atoms with E-state index < -0.39 is 23.5 Å². The fourth-order valence-corrected chi connectivity index (χ4v) is 2.17. The third-order valence-corrected chi connectivity index (χ3v) is 3.28. The zero-order valence-corrected chi connectivity index (χ0v) is 12.1. The van der Waals surface area contributed by atoms with Gasteiger partial charge in [0.05, 0.1) is 18.2 Å². The van der Waals surface area contributed by atoms with Gasteiger partial charge in [-0.25, -0.2) is 14.2 Å². The number of fused-ring (bicyclic) bond motifs is 1. The summed E-state index contributed by atoms with van der Waals surface area (Å²) in [5, 5.41) is 0. The Morgan fingerprint density at radius 2 is 1.92 bits per heavy atom. The smallest absolute Gasteiger partial charge is 0.416 e. The minimum Gasteiger partial charge on any atom is -0.465 e. The highest BCUT2D eigenvalue weighted by atomic mass is 19.4. The van der Waals surface area contributed by atoms with Crippen molar-refractivity contribution in [3.05, 3.63) is 53.3 Å². The summed E-state index contributed by atoms with van der Waals surface area (Å²) < 4.78 is 61.8. The van der Waals surface area contributed by atoms with Gasteiger partial charge in [0.25, 0.3) is 0 Å². The number of hydrogen-bond acceptors (Lipinski definition) is 4. The van der Waals surface area contributed by atoms with E-state index in [4.69, 9.17) is 4.42 Å². The van der Waals surface area contributed by atoms with Crippen molar-refractivity contribution in [3.8, 4) is 11.5 Å². The van der Waals surface area contributed by atoms with Gasteiger partial charge in [-0.3, -0.25) is 0 Å². The molecule has 8 heteroatoms. The van der Waals surface area contributed by atoms with Gasteiger partial charge in [-0.05, 0) is 36.4 Å². The monoisotopic (exact) mass is 339 g/mol. The van der Waals surface area contributed by atoms with Gasteiger partial charge in [0.1, 0.15) is 11.3 Å². The van der Waals surface area contributed by atoms with Crippen molar-refractivity contribution in [1.82, 2.24) is 4.98 Å². The topological polar surface area (TPSA) is 52.3 Å². The maximum absolute atomic E-state index is 13.5. The number of oxazole rings is 1. The van der Waals surface area contributed by atoms with Crippen LogP contribution < -0.4 is 0 Å². The lowest BCUT2D eigenvalue weighted by atomic mass is 10.1. The fourth-order valence-electron chi connectivity index (χ4n) is 2.17. The number of carbonyl (C=O) groups excluding carboxylic acids is 1. The molecule has 0 saturated heterocycles. The second kappa shape index (κ2) is 5.63. The number of ether oxygens (including phenoxy) is 1. The molecule has 1 aromatic heterocycles. The highest BCUT2D eigenvalue weighted by Crippen LogP contribution is 2.34. The van der Waals surface area contributed by atoms with Crippen LogP contribution in [0.3, 0.4) is 0 Å². The maximum atomic E-state index is 13.5. The zero-order valence-electron chi connectivity index (χ0n) is 12.1. The molecular weight excluding hydrogens is 330 g/mol. The van der Waals surface area contributed by atoms with Crippen LogP contribution in [0.25, 0.3) is 22.6 Å². The summed E-state index contributed by atoms with van der Waals surface area (Å²) in [5.74, 6) is -1.84. The second-order valence-corrected chi connectivity index (χ2v) is 4.92. The number of alkyl halides is 3. The summed E-state index contributed by atoms with van der Waals surface area (Å²) in [7, 11) is 1.21. The van der Waals surface area contributed by atoms with Gasteiger partial charge in [-0.2, -0.15) is 13.2 Å². The molecule has 124 valence electrons. The van der Waals surface area contributed by atoms with Crippen molar-refractivity contribution >= 4 is 17.1 Å². The number of rotatable bonds is 2. The quantitative estimate of drug-likeness (QED) is 0.512. The Kier molecular flexibility index (Phi) is 3.75. The molecule has 3 rings (SSSR count). The molecule has 3 aromatic rings. The number of methoxy groups -OCH3 is 1. The van der Waals surface area contributed by atoms with Crippen LogP contribution >= 0.6 is 0 Å². The maximum Gasteiger partial charge on any atom is 0.416 e. The molecule has 0 atom stereocenters. The highest BCUT2D eigenvalue weighted by Gasteiger charge is 2.32. The van der Waals surface area contributed by atoms with Crippen LogP contribution in [0.1, 0.15) is 15.9 Å². The van der Waals surface area contributed by atoms with Crippen molar-refractivity contribution in [1.29, 1.82) is 0 Å². The molecule has 0 spiro atoms. The predicted molar refractivity (Wildman–Crippen MR) is 75.7 cm³/mol. The van der Waals surface area contributed by atoms with Crippen LogP contribution in [0.5, 0.6) is 0 Å². The molecule has 2 aromatic carbocycles. The Bertz CT molecular complexity index is 931. The average Bonchev–Trinajstić information content (AvgIpc) is 2.95. The lowest BCUT2D eigenvalue weighted by Gasteiger charge is -2.07. The minimum atomic E-state index is -4.69. The highest BCUT2D eigenvalue weighted by molar-refractivity contribution is 5.93. The number of nitrogens with zero attached hydrogens (tertiary/aromatic N) is 1. The summed E-state index contributed by atoms with van der Waals surface area (Å²) in [6.07, 6.45) is -4.69.